The molecule has 7 heteroatoms. The predicted molar refractivity (Wildman–Crippen MR) is 78.8 cm³/mol. The molecule has 0 radical (unpaired) electrons. The van der Waals surface area contributed by atoms with Gasteiger partial charge in [-0.2, -0.15) is 15.8 Å². The highest BCUT2D eigenvalue weighted by Crippen LogP contribution is 1.83. The first-order chi connectivity index (χ1) is 9.74. The van der Waals surface area contributed by atoms with Gasteiger partial charge in [0.15, 0.2) is 0 Å². The van der Waals surface area contributed by atoms with E-state index in [-0.39, 0.29) is 20.6 Å². The van der Waals surface area contributed by atoms with Gasteiger partial charge in [0.2, 0.25) is 0 Å². The SMILES string of the molecule is C.C=CC#N.N#CCCOCCOCCC#N.OCCO. The third-order valence-corrected chi connectivity index (χ3v) is 1.28. The Morgan fingerprint density at radius 1 is 0.857 bits per heavy atom. The Kier molecular flexibility index (Phi) is 47.2. The molecule has 0 heterocycles. The topological polar surface area (TPSA) is 130 Å². The van der Waals surface area contributed by atoms with Crippen LogP contribution in [0.2, 0.25) is 0 Å². The summed E-state index contributed by atoms with van der Waals surface area (Å²) in [5.41, 5.74) is 0. The van der Waals surface area contributed by atoms with Gasteiger partial charge in [-0.3, -0.25) is 0 Å². The summed E-state index contributed by atoms with van der Waals surface area (Å²) in [5.74, 6) is 0. The normalized spacial score (nSPS) is 7.19. The van der Waals surface area contributed by atoms with Gasteiger partial charge in [-0.1, -0.05) is 14.0 Å². The molecule has 0 aromatic heterocycles. The smallest absolute Gasteiger partial charge is 0.0905 e. The third kappa shape index (κ3) is 56.8. The molecule has 0 aliphatic heterocycles. The van der Waals surface area contributed by atoms with Gasteiger partial charge in [-0.15, -0.1) is 0 Å². The molecule has 0 saturated carbocycles. The van der Waals surface area contributed by atoms with E-state index >= 15 is 0 Å². The van der Waals surface area contributed by atoms with Crippen LogP contribution >= 0.6 is 0 Å². The molecule has 0 aliphatic carbocycles. The van der Waals surface area contributed by atoms with Crippen LogP contribution in [-0.4, -0.2) is 49.9 Å². The van der Waals surface area contributed by atoms with Gasteiger partial charge in [-0.05, 0) is 0 Å². The second-order valence-corrected chi connectivity index (χ2v) is 2.82. The molecule has 21 heavy (non-hydrogen) atoms. The van der Waals surface area contributed by atoms with Crippen LogP contribution in [0.5, 0.6) is 0 Å². The molecule has 0 aliphatic rings. The van der Waals surface area contributed by atoms with Gasteiger partial charge in [-0.25, -0.2) is 0 Å². The largest absolute Gasteiger partial charge is 0.394 e. The zero-order valence-electron chi connectivity index (χ0n) is 11.5. The van der Waals surface area contributed by atoms with E-state index in [0.717, 1.165) is 0 Å². The summed E-state index contributed by atoms with van der Waals surface area (Å²) >= 11 is 0. The molecule has 0 fully saturated rings. The van der Waals surface area contributed by atoms with Crippen LogP contribution in [0.1, 0.15) is 20.3 Å². The highest BCUT2D eigenvalue weighted by atomic mass is 16.5. The number of aliphatic hydroxyl groups excluding tert-OH is 2. The molecule has 7 nitrogen and oxygen atoms in total. The molecular formula is C14H25N3O4. The van der Waals surface area contributed by atoms with E-state index < -0.39 is 0 Å². The molecule has 0 rings (SSSR count). The first kappa shape index (κ1) is 27.4. The second-order valence-electron chi connectivity index (χ2n) is 2.82. The van der Waals surface area contributed by atoms with E-state index in [9.17, 15) is 0 Å². The van der Waals surface area contributed by atoms with Gasteiger partial charge < -0.3 is 19.7 Å². The minimum atomic E-state index is -0.125. The number of hydrogen-bond acceptors (Lipinski definition) is 7. The number of nitriles is 3. The van der Waals surface area contributed by atoms with Crippen LogP contribution in [0.15, 0.2) is 12.7 Å². The summed E-state index contributed by atoms with van der Waals surface area (Å²) < 4.78 is 10.0. The molecule has 0 bridgehead atoms. The summed E-state index contributed by atoms with van der Waals surface area (Å²) in [6.07, 6.45) is 2.01. The average Bonchev–Trinajstić information content (AvgIpc) is 2.50. The Bertz CT molecular complexity index is 281. The zero-order chi connectivity index (χ0) is 15.9. The summed E-state index contributed by atoms with van der Waals surface area (Å²) in [7, 11) is 0. The first-order valence-electron chi connectivity index (χ1n) is 5.86. The van der Waals surface area contributed by atoms with E-state index in [1.807, 2.05) is 12.1 Å². The first-order valence-corrected chi connectivity index (χ1v) is 5.86. The minimum absolute atomic E-state index is 0. The standard InChI is InChI=1S/C8H12N2O2.C3H3N.C2H6O2.CH4/c9-3-1-5-11-7-8-12-6-2-4-10;1-2-3-4;3-1-2-4;/h1-2,5-8H2;2H,1H2;3-4H,1-2H2;1H4. The van der Waals surface area contributed by atoms with Crippen molar-refractivity contribution in [1.29, 1.82) is 15.8 Å². The minimum Gasteiger partial charge on any atom is -0.394 e. The van der Waals surface area contributed by atoms with Gasteiger partial charge in [0.1, 0.15) is 0 Å². The lowest BCUT2D eigenvalue weighted by Crippen LogP contribution is -2.05. The van der Waals surface area contributed by atoms with Crippen LogP contribution in [0.25, 0.3) is 0 Å². The fraction of sp³-hybridized carbons (Fsp3) is 0.643. The third-order valence-electron chi connectivity index (χ3n) is 1.28. The highest BCUT2D eigenvalue weighted by Gasteiger charge is 1.88. The molecular weight excluding hydrogens is 274 g/mol. The second kappa shape index (κ2) is 36.1. The summed E-state index contributed by atoms with van der Waals surface area (Å²) in [4.78, 5) is 0. The molecule has 120 valence electrons. The van der Waals surface area contributed by atoms with Crippen molar-refractivity contribution in [2.45, 2.75) is 20.3 Å². The fourth-order valence-corrected chi connectivity index (χ4v) is 0.558. The monoisotopic (exact) mass is 299 g/mol. The van der Waals surface area contributed by atoms with E-state index in [0.29, 0.717) is 39.3 Å². The Morgan fingerprint density at radius 3 is 1.38 bits per heavy atom. The van der Waals surface area contributed by atoms with E-state index in [1.165, 1.54) is 6.08 Å². The van der Waals surface area contributed by atoms with Gasteiger partial charge in [0.05, 0.1) is 70.7 Å². The molecule has 0 aromatic rings. The number of hydrogen-bond donors (Lipinski definition) is 2. The average molecular weight is 299 g/mol. The Labute approximate surface area is 127 Å². The quantitative estimate of drug-likeness (QED) is 0.507. The summed E-state index contributed by atoms with van der Waals surface area (Å²) in [6, 6.07) is 5.63. The van der Waals surface area contributed by atoms with Crippen molar-refractivity contribution in [3.8, 4) is 18.2 Å². The number of rotatable bonds is 8. The van der Waals surface area contributed by atoms with E-state index in [1.54, 1.807) is 6.07 Å². The van der Waals surface area contributed by atoms with Crippen molar-refractivity contribution >= 4 is 0 Å². The number of ether oxygens (including phenoxy) is 2. The molecule has 2 N–H and O–H groups in total. The van der Waals surface area contributed by atoms with Crippen molar-refractivity contribution in [1.82, 2.24) is 0 Å². The van der Waals surface area contributed by atoms with Crippen LogP contribution in [0.4, 0.5) is 0 Å². The summed E-state index contributed by atoms with van der Waals surface area (Å²) in [6.45, 7) is 4.77. The maximum Gasteiger partial charge on any atom is 0.0905 e. The van der Waals surface area contributed by atoms with Crippen molar-refractivity contribution in [2.75, 3.05) is 39.6 Å². The van der Waals surface area contributed by atoms with Crippen molar-refractivity contribution in [3.63, 3.8) is 0 Å². The van der Waals surface area contributed by atoms with Gasteiger partial charge >= 0.3 is 0 Å². The van der Waals surface area contributed by atoms with Crippen molar-refractivity contribution < 1.29 is 19.7 Å². The van der Waals surface area contributed by atoms with Crippen LogP contribution in [-0.2, 0) is 9.47 Å². The summed E-state index contributed by atoms with van der Waals surface area (Å²) in [5, 5.41) is 39.0. The van der Waals surface area contributed by atoms with E-state index in [4.69, 9.17) is 35.5 Å². The van der Waals surface area contributed by atoms with Crippen molar-refractivity contribution in [3.05, 3.63) is 12.7 Å². The molecule has 0 atom stereocenters. The van der Waals surface area contributed by atoms with E-state index in [2.05, 4.69) is 6.58 Å². The maximum atomic E-state index is 8.14. The predicted octanol–water partition coefficient (Wildman–Crippen LogP) is 1.15. The Balaban J connectivity index is -0.000000134. The maximum absolute atomic E-state index is 8.14. The molecule has 0 aromatic carbocycles. The number of allylic oxidation sites excluding steroid dienone is 1. The van der Waals surface area contributed by atoms with Crippen molar-refractivity contribution in [2.24, 2.45) is 0 Å². The zero-order valence-corrected chi connectivity index (χ0v) is 11.5. The highest BCUT2D eigenvalue weighted by molar-refractivity contribution is 4.93. The lowest BCUT2D eigenvalue weighted by Gasteiger charge is -2.01. The van der Waals surface area contributed by atoms with Gasteiger partial charge in [0.25, 0.3) is 0 Å². The van der Waals surface area contributed by atoms with Crippen LogP contribution in [0.3, 0.4) is 0 Å². The number of aliphatic hydroxyl groups is 2. The fourth-order valence-electron chi connectivity index (χ4n) is 0.558. The van der Waals surface area contributed by atoms with Crippen LogP contribution < -0.4 is 0 Å². The van der Waals surface area contributed by atoms with Gasteiger partial charge in [0, 0.05) is 6.08 Å². The Hall–Kier alpha value is -1.95. The lowest BCUT2D eigenvalue weighted by molar-refractivity contribution is 0.0520. The number of nitrogens with zero attached hydrogens (tertiary/aromatic N) is 3. The molecule has 0 unspecified atom stereocenters. The lowest BCUT2D eigenvalue weighted by atomic mass is 10.5. The Morgan fingerprint density at radius 2 is 1.19 bits per heavy atom. The van der Waals surface area contributed by atoms with Crippen LogP contribution in [0, 0.1) is 34.0 Å². The molecule has 0 spiro atoms. The molecule has 0 saturated heterocycles. The molecule has 0 amide bonds.